The van der Waals surface area contributed by atoms with Crippen molar-refractivity contribution in [3.05, 3.63) is 28.8 Å². The summed E-state index contributed by atoms with van der Waals surface area (Å²) in [6.45, 7) is 11.6. The number of aromatic nitrogens is 1. The lowest BCUT2D eigenvalue weighted by Gasteiger charge is -2.22. The molecule has 0 saturated heterocycles. The van der Waals surface area contributed by atoms with E-state index in [-0.39, 0.29) is 16.7 Å². The van der Waals surface area contributed by atoms with Crippen molar-refractivity contribution >= 4 is 39.4 Å². The number of rotatable bonds is 6. The number of ether oxygens (including phenoxy) is 2. The highest BCUT2D eigenvalue weighted by molar-refractivity contribution is 7.92. The Morgan fingerprint density at radius 3 is 2.52 bits per heavy atom. The van der Waals surface area contributed by atoms with Crippen LogP contribution in [0.25, 0.3) is 10.9 Å². The van der Waals surface area contributed by atoms with Crippen LogP contribution in [0.5, 0.6) is 11.6 Å². The molecular weight excluding hydrogens is 384 g/mol. The third kappa shape index (κ3) is 5.50. The number of fused-ring (bicyclic) bond motifs is 1. The summed E-state index contributed by atoms with van der Waals surface area (Å²) in [5, 5.41) is 1.39. The Kier molecular flexibility index (Phi) is 7.00. The van der Waals surface area contributed by atoms with E-state index in [1.807, 2.05) is 59.7 Å². The van der Waals surface area contributed by atoms with Crippen LogP contribution in [-0.4, -0.2) is 39.1 Å². The summed E-state index contributed by atoms with van der Waals surface area (Å²) in [6, 6.07) is 5.57. The molecule has 27 heavy (non-hydrogen) atoms. The van der Waals surface area contributed by atoms with Gasteiger partial charge in [0, 0.05) is 17.2 Å². The molecule has 0 saturated carbocycles. The molecule has 1 aromatic carbocycles. The Bertz CT molecular complexity index is 847. The molecule has 0 aliphatic heterocycles. The maximum absolute atomic E-state index is 12.3. The average molecular weight is 411 g/mol. The summed E-state index contributed by atoms with van der Waals surface area (Å²) in [5.41, 5.74) is 2.20. The van der Waals surface area contributed by atoms with Gasteiger partial charge in [-0.15, -0.1) is 0 Å². The van der Waals surface area contributed by atoms with E-state index < -0.39 is 11.2 Å². The first-order valence-electron chi connectivity index (χ1n) is 8.77. The van der Waals surface area contributed by atoms with Gasteiger partial charge < -0.3 is 14.0 Å². The number of nitrogens with zero attached hydrogens (tertiary/aromatic N) is 2. The van der Waals surface area contributed by atoms with Crippen molar-refractivity contribution < 1.29 is 14.0 Å². The molecule has 0 N–H and O–H groups in total. The SMILES string of the molecule is COc1nc2cc(OC(C)C)c(Cl)cc2cc1/C(C)=N/C[S+]([O-])C(C)(C)C. The zero-order valence-electron chi connectivity index (χ0n) is 16.9. The first kappa shape index (κ1) is 21.8. The third-order valence-corrected chi connectivity index (χ3v) is 5.91. The van der Waals surface area contributed by atoms with Gasteiger partial charge in [-0.2, -0.15) is 0 Å². The van der Waals surface area contributed by atoms with Crippen molar-refractivity contribution in [3.63, 3.8) is 0 Å². The maximum atomic E-state index is 12.3. The fourth-order valence-corrected chi connectivity index (χ4v) is 3.27. The van der Waals surface area contributed by atoms with E-state index in [0.717, 1.165) is 22.2 Å². The monoisotopic (exact) mass is 410 g/mol. The van der Waals surface area contributed by atoms with E-state index in [2.05, 4.69) is 9.98 Å². The first-order valence-corrected chi connectivity index (χ1v) is 10.5. The van der Waals surface area contributed by atoms with E-state index in [1.54, 1.807) is 7.11 Å². The Morgan fingerprint density at radius 2 is 1.96 bits per heavy atom. The number of pyridine rings is 1. The third-order valence-electron chi connectivity index (χ3n) is 3.88. The molecule has 0 aliphatic rings. The van der Waals surface area contributed by atoms with Gasteiger partial charge in [0.25, 0.3) is 0 Å². The van der Waals surface area contributed by atoms with Gasteiger partial charge in [0.05, 0.1) is 29.3 Å². The van der Waals surface area contributed by atoms with E-state index in [0.29, 0.717) is 16.7 Å². The highest BCUT2D eigenvalue weighted by atomic mass is 35.5. The molecule has 1 aromatic heterocycles. The van der Waals surface area contributed by atoms with Crippen LogP contribution < -0.4 is 9.47 Å². The molecule has 0 fully saturated rings. The zero-order chi connectivity index (χ0) is 20.4. The summed E-state index contributed by atoms with van der Waals surface area (Å²) >= 11 is 5.28. The second-order valence-electron chi connectivity index (χ2n) is 7.52. The van der Waals surface area contributed by atoms with Crippen LogP contribution in [0.3, 0.4) is 0 Å². The van der Waals surface area contributed by atoms with E-state index in [9.17, 15) is 4.55 Å². The molecule has 0 aliphatic carbocycles. The fourth-order valence-electron chi connectivity index (χ4n) is 2.35. The van der Waals surface area contributed by atoms with Gasteiger partial charge in [0.2, 0.25) is 5.88 Å². The van der Waals surface area contributed by atoms with Crippen molar-refractivity contribution in [3.8, 4) is 11.6 Å². The minimum atomic E-state index is -1.07. The summed E-state index contributed by atoms with van der Waals surface area (Å²) in [4.78, 5) is 9.08. The zero-order valence-corrected chi connectivity index (χ0v) is 18.5. The topological polar surface area (TPSA) is 66.8 Å². The Hall–Kier alpha value is -1.50. The first-order chi connectivity index (χ1) is 12.5. The van der Waals surface area contributed by atoms with E-state index >= 15 is 0 Å². The number of hydrogen-bond donors (Lipinski definition) is 0. The van der Waals surface area contributed by atoms with Crippen molar-refractivity contribution in [2.75, 3.05) is 13.0 Å². The average Bonchev–Trinajstić information content (AvgIpc) is 2.57. The molecule has 1 unspecified atom stereocenters. The van der Waals surface area contributed by atoms with Gasteiger partial charge in [-0.05, 0) is 64.9 Å². The molecule has 148 valence electrons. The number of hydrogen-bond acceptors (Lipinski definition) is 5. The summed E-state index contributed by atoms with van der Waals surface area (Å²) in [5.74, 6) is 1.29. The number of methoxy groups -OCH3 is 1. The fraction of sp³-hybridized carbons (Fsp3) is 0.500. The molecule has 0 bridgehead atoms. The molecule has 1 atom stereocenters. The Morgan fingerprint density at radius 1 is 1.30 bits per heavy atom. The van der Waals surface area contributed by atoms with Gasteiger partial charge in [-0.25, -0.2) is 9.98 Å². The highest BCUT2D eigenvalue weighted by Crippen LogP contribution is 2.32. The van der Waals surface area contributed by atoms with Gasteiger partial charge in [0.1, 0.15) is 10.5 Å². The van der Waals surface area contributed by atoms with Gasteiger partial charge in [-0.3, -0.25) is 0 Å². The van der Waals surface area contributed by atoms with Crippen molar-refractivity contribution in [2.45, 2.75) is 52.4 Å². The number of halogens is 1. The molecular formula is C20H27ClN2O3S. The molecule has 5 nitrogen and oxygen atoms in total. The van der Waals surface area contributed by atoms with Crippen molar-refractivity contribution in [1.29, 1.82) is 0 Å². The normalized spacial score (nSPS) is 13.9. The lowest BCUT2D eigenvalue weighted by atomic mass is 10.1. The van der Waals surface area contributed by atoms with Crippen LogP contribution in [0.4, 0.5) is 0 Å². The highest BCUT2D eigenvalue weighted by Gasteiger charge is 2.25. The summed E-state index contributed by atoms with van der Waals surface area (Å²) in [6.07, 6.45) is 0.0131. The lowest BCUT2D eigenvalue weighted by molar-refractivity contribution is 0.243. The van der Waals surface area contributed by atoms with Gasteiger partial charge in [-0.1, -0.05) is 11.6 Å². The quantitative estimate of drug-likeness (QED) is 0.496. The minimum Gasteiger partial charge on any atom is -0.614 e. The second kappa shape index (κ2) is 8.67. The van der Waals surface area contributed by atoms with E-state index in [4.69, 9.17) is 21.1 Å². The van der Waals surface area contributed by atoms with E-state index in [1.165, 1.54) is 0 Å². The molecule has 0 radical (unpaired) electrons. The molecule has 1 heterocycles. The number of aliphatic imine (C=N–C) groups is 1. The number of benzene rings is 1. The molecule has 7 heteroatoms. The van der Waals surface area contributed by atoms with Crippen molar-refractivity contribution in [2.24, 2.45) is 4.99 Å². The molecule has 2 aromatic rings. The van der Waals surface area contributed by atoms with Gasteiger partial charge >= 0.3 is 0 Å². The smallest absolute Gasteiger partial charge is 0.222 e. The molecule has 0 amide bonds. The minimum absolute atomic E-state index is 0.0131. The summed E-state index contributed by atoms with van der Waals surface area (Å²) in [7, 11) is 1.57. The summed E-state index contributed by atoms with van der Waals surface area (Å²) < 4.78 is 23.1. The molecule has 2 rings (SSSR count). The predicted octanol–water partition coefficient (Wildman–Crippen LogP) is 5.00. The maximum Gasteiger partial charge on any atom is 0.222 e. The van der Waals surface area contributed by atoms with Crippen molar-refractivity contribution in [1.82, 2.24) is 4.98 Å². The standard InChI is InChI=1S/C20H27ClN2O3S/c1-12(2)26-18-10-17-14(9-16(18)21)8-15(19(23-17)25-7)13(3)22-11-27(24)20(4,5)6/h8-10,12H,11H2,1-7H3/b22-13+. The Balaban J connectivity index is 2.45. The largest absolute Gasteiger partial charge is 0.614 e. The second-order valence-corrected chi connectivity index (χ2v) is 10.1. The van der Waals surface area contributed by atoms with Crippen LogP contribution >= 0.6 is 11.6 Å². The van der Waals surface area contributed by atoms with Crippen LogP contribution in [0.15, 0.2) is 23.2 Å². The van der Waals surface area contributed by atoms with Crippen LogP contribution in [-0.2, 0) is 11.2 Å². The molecule has 0 spiro atoms. The van der Waals surface area contributed by atoms with Gasteiger partial charge in [0.15, 0.2) is 5.88 Å². The Labute approximate surface area is 169 Å². The van der Waals surface area contributed by atoms with Crippen LogP contribution in [0, 0.1) is 0 Å². The predicted molar refractivity (Wildman–Crippen MR) is 114 cm³/mol. The van der Waals surface area contributed by atoms with Crippen LogP contribution in [0.1, 0.15) is 47.1 Å². The van der Waals surface area contributed by atoms with Crippen LogP contribution in [0.2, 0.25) is 5.02 Å². The lowest BCUT2D eigenvalue weighted by Crippen LogP contribution is -2.30.